The van der Waals surface area contributed by atoms with Gasteiger partial charge in [0.1, 0.15) is 23.6 Å². The summed E-state index contributed by atoms with van der Waals surface area (Å²) < 4.78 is 1.95. The average Bonchev–Trinajstić information content (AvgIpc) is 2.82. The Labute approximate surface area is 109 Å². The molecule has 0 radical (unpaired) electrons. The Balaban J connectivity index is 2.30. The molecular formula is C13H11ClN4. The van der Waals surface area contributed by atoms with Crippen molar-refractivity contribution in [3.63, 3.8) is 0 Å². The number of halogens is 1. The Morgan fingerprint density at radius 1 is 1.17 bits per heavy atom. The Kier molecular flexibility index (Phi) is 2.72. The largest absolute Gasteiger partial charge is 0.283 e. The molecule has 0 amide bonds. The second-order valence-electron chi connectivity index (χ2n) is 3.92. The highest BCUT2D eigenvalue weighted by Gasteiger charge is 2.12. The number of nitrogens with zero attached hydrogens (tertiary/aromatic N) is 4. The summed E-state index contributed by atoms with van der Waals surface area (Å²) >= 11 is 6.11. The van der Waals surface area contributed by atoms with Crippen LogP contribution in [-0.2, 0) is 6.42 Å². The number of imidazole rings is 1. The molecule has 3 aromatic rings. The molecule has 0 bridgehead atoms. The minimum absolute atomic E-state index is 0.500. The van der Waals surface area contributed by atoms with E-state index >= 15 is 0 Å². The van der Waals surface area contributed by atoms with E-state index in [9.17, 15) is 0 Å². The molecule has 2 heterocycles. The van der Waals surface area contributed by atoms with Crippen molar-refractivity contribution in [1.82, 2.24) is 19.5 Å². The van der Waals surface area contributed by atoms with Gasteiger partial charge >= 0.3 is 0 Å². The van der Waals surface area contributed by atoms with Crippen molar-refractivity contribution >= 4 is 22.6 Å². The van der Waals surface area contributed by atoms with Crippen LogP contribution in [0.2, 0.25) is 5.15 Å². The third-order valence-electron chi connectivity index (χ3n) is 2.91. The second kappa shape index (κ2) is 4.38. The molecule has 3 rings (SSSR count). The SMILES string of the molecule is CCc1c(Cl)ncnc1-n1cnc2ccccc21. The van der Waals surface area contributed by atoms with Gasteiger partial charge in [0.15, 0.2) is 0 Å². The maximum Gasteiger partial charge on any atom is 0.146 e. The van der Waals surface area contributed by atoms with Crippen LogP contribution in [-0.4, -0.2) is 19.5 Å². The normalized spacial score (nSPS) is 11.0. The molecule has 0 unspecified atom stereocenters. The van der Waals surface area contributed by atoms with Gasteiger partial charge in [0.25, 0.3) is 0 Å². The number of hydrogen-bond acceptors (Lipinski definition) is 3. The molecule has 0 saturated heterocycles. The molecule has 0 N–H and O–H groups in total. The van der Waals surface area contributed by atoms with Crippen molar-refractivity contribution in [1.29, 1.82) is 0 Å². The van der Waals surface area contributed by atoms with Gasteiger partial charge in [-0.2, -0.15) is 0 Å². The Morgan fingerprint density at radius 3 is 2.83 bits per heavy atom. The number of rotatable bonds is 2. The van der Waals surface area contributed by atoms with Gasteiger partial charge in [-0.05, 0) is 18.6 Å². The van der Waals surface area contributed by atoms with Crippen LogP contribution in [0, 0.1) is 0 Å². The van der Waals surface area contributed by atoms with Crippen molar-refractivity contribution in [3.05, 3.63) is 47.6 Å². The standard InChI is InChI=1S/C13H11ClN4/c1-2-9-12(14)15-7-16-13(9)18-8-17-10-5-3-4-6-11(10)18/h3-8H,2H2,1H3. The van der Waals surface area contributed by atoms with Crippen LogP contribution in [0.25, 0.3) is 16.9 Å². The predicted molar refractivity (Wildman–Crippen MR) is 71.0 cm³/mol. The summed E-state index contributed by atoms with van der Waals surface area (Å²) in [5, 5.41) is 0.500. The molecule has 90 valence electrons. The van der Waals surface area contributed by atoms with E-state index in [-0.39, 0.29) is 0 Å². The number of para-hydroxylation sites is 2. The number of aromatic nitrogens is 4. The lowest BCUT2D eigenvalue weighted by atomic mass is 10.2. The molecule has 2 aromatic heterocycles. The summed E-state index contributed by atoms with van der Waals surface area (Å²) in [7, 11) is 0. The lowest BCUT2D eigenvalue weighted by Gasteiger charge is -2.09. The first-order valence-electron chi connectivity index (χ1n) is 5.73. The zero-order valence-corrected chi connectivity index (χ0v) is 10.6. The van der Waals surface area contributed by atoms with Gasteiger partial charge in [-0.3, -0.25) is 4.57 Å². The van der Waals surface area contributed by atoms with Crippen LogP contribution in [0.1, 0.15) is 12.5 Å². The van der Waals surface area contributed by atoms with Crippen LogP contribution in [0.15, 0.2) is 36.9 Å². The third kappa shape index (κ3) is 1.66. The fourth-order valence-electron chi connectivity index (χ4n) is 2.02. The molecular weight excluding hydrogens is 248 g/mol. The zero-order valence-electron chi connectivity index (χ0n) is 9.84. The number of benzene rings is 1. The van der Waals surface area contributed by atoms with E-state index in [1.54, 1.807) is 6.33 Å². The zero-order chi connectivity index (χ0) is 12.5. The van der Waals surface area contributed by atoms with Crippen molar-refractivity contribution in [2.75, 3.05) is 0 Å². The fourth-order valence-corrected chi connectivity index (χ4v) is 2.28. The molecule has 4 nitrogen and oxygen atoms in total. The van der Waals surface area contributed by atoms with Gasteiger partial charge in [0.2, 0.25) is 0 Å². The third-order valence-corrected chi connectivity index (χ3v) is 3.23. The molecule has 5 heteroatoms. The number of fused-ring (bicyclic) bond motifs is 1. The highest BCUT2D eigenvalue weighted by Crippen LogP contribution is 2.23. The quantitative estimate of drug-likeness (QED) is 0.664. The molecule has 1 aromatic carbocycles. The van der Waals surface area contributed by atoms with E-state index in [1.807, 2.05) is 35.8 Å². The van der Waals surface area contributed by atoms with Gasteiger partial charge in [-0.15, -0.1) is 0 Å². The van der Waals surface area contributed by atoms with Crippen molar-refractivity contribution < 1.29 is 0 Å². The minimum Gasteiger partial charge on any atom is -0.283 e. The summed E-state index contributed by atoms with van der Waals surface area (Å²) in [4.78, 5) is 12.7. The van der Waals surface area contributed by atoms with Crippen molar-refractivity contribution in [2.45, 2.75) is 13.3 Å². The minimum atomic E-state index is 0.500. The Bertz CT molecular complexity index is 705. The topological polar surface area (TPSA) is 43.6 Å². The summed E-state index contributed by atoms with van der Waals surface area (Å²) in [5.41, 5.74) is 2.89. The summed E-state index contributed by atoms with van der Waals surface area (Å²) in [6.07, 6.45) is 4.02. The maximum absolute atomic E-state index is 6.11. The summed E-state index contributed by atoms with van der Waals surface area (Å²) in [5.74, 6) is 0.797. The summed E-state index contributed by atoms with van der Waals surface area (Å²) in [6.45, 7) is 2.03. The molecule has 0 atom stereocenters. The first-order chi connectivity index (χ1) is 8.81. The number of hydrogen-bond donors (Lipinski definition) is 0. The molecule has 0 saturated carbocycles. The van der Waals surface area contributed by atoms with Gasteiger partial charge in [0.05, 0.1) is 11.0 Å². The van der Waals surface area contributed by atoms with E-state index in [4.69, 9.17) is 11.6 Å². The second-order valence-corrected chi connectivity index (χ2v) is 4.28. The van der Waals surface area contributed by atoms with Gasteiger partial charge in [-0.1, -0.05) is 30.7 Å². The van der Waals surface area contributed by atoms with E-state index < -0.39 is 0 Å². The van der Waals surface area contributed by atoms with Crippen LogP contribution < -0.4 is 0 Å². The lowest BCUT2D eigenvalue weighted by molar-refractivity contribution is 0.938. The molecule has 0 fully saturated rings. The monoisotopic (exact) mass is 258 g/mol. The van der Waals surface area contributed by atoms with Crippen LogP contribution in [0.5, 0.6) is 0 Å². The van der Waals surface area contributed by atoms with Crippen molar-refractivity contribution in [3.8, 4) is 5.82 Å². The fraction of sp³-hybridized carbons (Fsp3) is 0.154. The maximum atomic E-state index is 6.11. The van der Waals surface area contributed by atoms with Crippen LogP contribution >= 0.6 is 11.6 Å². The van der Waals surface area contributed by atoms with Gasteiger partial charge in [-0.25, -0.2) is 15.0 Å². The van der Waals surface area contributed by atoms with Crippen LogP contribution in [0.3, 0.4) is 0 Å². The summed E-state index contributed by atoms with van der Waals surface area (Å²) in [6, 6.07) is 7.93. The van der Waals surface area contributed by atoms with Gasteiger partial charge in [0, 0.05) is 5.56 Å². The van der Waals surface area contributed by atoms with Crippen LogP contribution in [0.4, 0.5) is 0 Å². The highest BCUT2D eigenvalue weighted by atomic mass is 35.5. The van der Waals surface area contributed by atoms with E-state index in [0.717, 1.165) is 28.8 Å². The van der Waals surface area contributed by atoms with E-state index in [2.05, 4.69) is 15.0 Å². The van der Waals surface area contributed by atoms with Gasteiger partial charge < -0.3 is 0 Å². The molecule has 0 aliphatic carbocycles. The average molecular weight is 259 g/mol. The smallest absolute Gasteiger partial charge is 0.146 e. The first kappa shape index (κ1) is 11.2. The van der Waals surface area contributed by atoms with E-state index in [1.165, 1.54) is 6.33 Å². The molecule has 0 aliphatic heterocycles. The lowest BCUT2D eigenvalue weighted by Crippen LogP contribution is -2.03. The van der Waals surface area contributed by atoms with Crippen molar-refractivity contribution in [2.24, 2.45) is 0 Å². The molecule has 0 aliphatic rings. The Morgan fingerprint density at radius 2 is 2.00 bits per heavy atom. The molecule has 0 spiro atoms. The first-order valence-corrected chi connectivity index (χ1v) is 6.11. The Hall–Kier alpha value is -1.94. The van der Waals surface area contributed by atoms with E-state index in [0.29, 0.717) is 5.15 Å². The predicted octanol–water partition coefficient (Wildman–Crippen LogP) is 3.03. The highest BCUT2D eigenvalue weighted by molar-refractivity contribution is 6.30. The molecule has 18 heavy (non-hydrogen) atoms.